The SMILES string of the molecule is CCC1(C)O[C@H]2C[C@@H](O1)[C@]1(C)CC(c3ccc(NC(=O)c4ncc(C#N)[nH]4)c(C4=CCC(C)(C)CC4)c3)C[C@@]2(C)O1. The van der Waals surface area contributed by atoms with E-state index in [-0.39, 0.29) is 41.0 Å². The van der Waals surface area contributed by atoms with Crippen LogP contribution in [0.3, 0.4) is 0 Å². The highest BCUT2D eigenvalue weighted by molar-refractivity contribution is 6.03. The Bertz CT molecular complexity index is 1410. The van der Waals surface area contributed by atoms with Crippen molar-refractivity contribution >= 4 is 17.2 Å². The molecule has 4 bridgehead atoms. The Hall–Kier alpha value is -2.99. The number of fused-ring (bicyclic) bond motifs is 6. The average Bonchev–Trinajstić information content (AvgIpc) is 3.42. The molecule has 1 aliphatic carbocycles. The minimum absolute atomic E-state index is 0.0185. The van der Waals surface area contributed by atoms with Crippen molar-refractivity contribution in [3.8, 4) is 6.07 Å². The number of benzene rings is 1. The number of carbonyl (C=O) groups is 1. The molecular weight excluding hydrogens is 516 g/mol. The zero-order chi connectivity index (χ0) is 29.2. The van der Waals surface area contributed by atoms with Gasteiger partial charge in [-0.25, -0.2) is 4.98 Å². The molecule has 2 N–H and O–H groups in total. The number of nitriles is 1. The van der Waals surface area contributed by atoms with Crippen LogP contribution < -0.4 is 5.32 Å². The Morgan fingerprint density at radius 2 is 1.85 bits per heavy atom. The van der Waals surface area contributed by atoms with Crippen LogP contribution >= 0.6 is 0 Å². The Morgan fingerprint density at radius 1 is 1.15 bits per heavy atom. The lowest BCUT2D eigenvalue weighted by Gasteiger charge is -2.63. The first-order valence-corrected chi connectivity index (χ1v) is 15.0. The third kappa shape index (κ3) is 5.13. The second-order valence-electron chi connectivity index (χ2n) is 13.9. The van der Waals surface area contributed by atoms with Crippen molar-refractivity contribution in [2.24, 2.45) is 5.41 Å². The van der Waals surface area contributed by atoms with Gasteiger partial charge in [0.2, 0.25) is 0 Å². The molecule has 6 atom stereocenters. The van der Waals surface area contributed by atoms with Crippen molar-refractivity contribution in [1.29, 1.82) is 5.26 Å². The molecule has 4 aliphatic rings. The summed E-state index contributed by atoms with van der Waals surface area (Å²) in [5.74, 6) is -0.559. The predicted molar refractivity (Wildman–Crippen MR) is 156 cm³/mol. The average molecular weight is 559 g/mol. The number of ether oxygens (including phenoxy) is 3. The normalized spacial score (nSPS) is 35.7. The molecule has 8 heteroatoms. The Morgan fingerprint density at radius 3 is 2.44 bits per heavy atom. The van der Waals surface area contributed by atoms with Gasteiger partial charge in [-0.1, -0.05) is 32.9 Å². The second kappa shape index (κ2) is 9.79. The van der Waals surface area contributed by atoms with Gasteiger partial charge in [-0.15, -0.1) is 0 Å². The van der Waals surface area contributed by atoms with E-state index in [0.717, 1.165) is 56.2 Å². The van der Waals surface area contributed by atoms with E-state index in [1.807, 2.05) is 12.1 Å². The summed E-state index contributed by atoms with van der Waals surface area (Å²) in [6.45, 7) is 13.2. The van der Waals surface area contributed by atoms with Crippen LogP contribution in [0.15, 0.2) is 30.5 Å². The highest BCUT2D eigenvalue weighted by Gasteiger charge is 2.62. The van der Waals surface area contributed by atoms with E-state index in [9.17, 15) is 4.79 Å². The molecule has 41 heavy (non-hydrogen) atoms. The summed E-state index contributed by atoms with van der Waals surface area (Å²) >= 11 is 0. The minimum atomic E-state index is -0.580. The van der Waals surface area contributed by atoms with E-state index in [1.54, 1.807) is 0 Å². The van der Waals surface area contributed by atoms with Gasteiger partial charge in [-0.05, 0) is 93.9 Å². The van der Waals surface area contributed by atoms with E-state index < -0.39 is 17.0 Å². The molecule has 1 aromatic heterocycles. The summed E-state index contributed by atoms with van der Waals surface area (Å²) in [6.07, 6.45) is 10.1. The zero-order valence-corrected chi connectivity index (χ0v) is 25.1. The molecule has 218 valence electrons. The molecule has 6 rings (SSSR count). The predicted octanol–water partition coefficient (Wildman–Crippen LogP) is 6.85. The lowest BCUT2D eigenvalue weighted by Crippen LogP contribution is -2.70. The summed E-state index contributed by atoms with van der Waals surface area (Å²) in [5.41, 5.74) is 4.01. The van der Waals surface area contributed by atoms with Crippen LogP contribution in [0.4, 0.5) is 5.69 Å². The van der Waals surface area contributed by atoms with E-state index in [2.05, 4.69) is 75.0 Å². The number of H-pyrrole nitrogens is 1. The molecule has 0 spiro atoms. The fourth-order valence-corrected chi connectivity index (χ4v) is 7.32. The number of aromatic nitrogens is 2. The van der Waals surface area contributed by atoms with E-state index in [4.69, 9.17) is 19.5 Å². The molecule has 2 unspecified atom stereocenters. The number of amides is 1. The lowest BCUT2D eigenvalue weighted by molar-refractivity contribution is -0.416. The molecule has 3 aliphatic heterocycles. The number of carbonyl (C=O) groups excluding carboxylic acids is 1. The molecule has 3 fully saturated rings. The number of nitrogens with zero attached hydrogens (tertiary/aromatic N) is 2. The van der Waals surface area contributed by atoms with Gasteiger partial charge < -0.3 is 24.5 Å². The highest BCUT2D eigenvalue weighted by atomic mass is 16.7. The molecule has 1 amide bonds. The standard InChI is InChI=1S/C33H42N4O4/c1-7-33(6)39-26-15-27(40-33)32(5)17-22(16-31(26,4)41-32)21-8-9-25(37-29(38)28-35-19-23(18-34)36-28)24(14-21)20-10-12-30(2,3)13-11-20/h8-10,14,19,22,26-27H,7,11-13,15-17H2,1-6H3,(H,35,36)(H,37,38)/t22?,26-,27+,31+,32-,33?. The monoisotopic (exact) mass is 558 g/mol. The second-order valence-corrected chi connectivity index (χ2v) is 13.9. The van der Waals surface area contributed by atoms with Crippen LogP contribution in [0.25, 0.3) is 5.57 Å². The van der Waals surface area contributed by atoms with Crippen molar-refractivity contribution in [2.45, 2.75) is 122 Å². The Kier molecular flexibility index (Phi) is 6.72. The third-order valence-corrected chi connectivity index (χ3v) is 9.98. The topological polar surface area (TPSA) is 109 Å². The molecule has 4 heterocycles. The van der Waals surface area contributed by atoms with Crippen molar-refractivity contribution in [3.63, 3.8) is 0 Å². The summed E-state index contributed by atoms with van der Waals surface area (Å²) in [4.78, 5) is 20.0. The van der Waals surface area contributed by atoms with Gasteiger partial charge in [0.25, 0.3) is 5.91 Å². The third-order valence-electron chi connectivity index (χ3n) is 9.98. The number of hydrogen-bond donors (Lipinski definition) is 2. The Labute approximate surface area is 242 Å². The molecule has 2 aromatic rings. The lowest BCUT2D eigenvalue weighted by atomic mass is 9.66. The van der Waals surface area contributed by atoms with Crippen molar-refractivity contribution < 1.29 is 19.0 Å². The maximum Gasteiger partial charge on any atom is 0.291 e. The largest absolute Gasteiger partial charge is 0.364 e. The Balaban J connectivity index is 1.34. The minimum Gasteiger partial charge on any atom is -0.364 e. The summed E-state index contributed by atoms with van der Waals surface area (Å²) < 4.78 is 19.9. The smallest absolute Gasteiger partial charge is 0.291 e. The van der Waals surface area contributed by atoms with Crippen molar-refractivity contribution in [2.75, 3.05) is 5.32 Å². The summed E-state index contributed by atoms with van der Waals surface area (Å²) in [6, 6.07) is 8.43. The van der Waals surface area contributed by atoms with Gasteiger partial charge in [-0.2, -0.15) is 5.26 Å². The van der Waals surface area contributed by atoms with Gasteiger partial charge in [0.1, 0.15) is 11.8 Å². The fraction of sp³-hybridized carbons (Fsp3) is 0.606. The number of rotatable bonds is 5. The van der Waals surface area contributed by atoms with Gasteiger partial charge in [-0.3, -0.25) is 4.79 Å². The number of aromatic amines is 1. The van der Waals surface area contributed by atoms with Gasteiger partial charge in [0.15, 0.2) is 11.6 Å². The molecule has 0 radical (unpaired) electrons. The summed E-state index contributed by atoms with van der Waals surface area (Å²) in [7, 11) is 0. The maximum absolute atomic E-state index is 13.1. The van der Waals surface area contributed by atoms with Crippen LogP contribution in [0, 0.1) is 16.7 Å². The van der Waals surface area contributed by atoms with Crippen LogP contribution in [0.1, 0.15) is 120 Å². The number of anilines is 1. The van der Waals surface area contributed by atoms with Crippen LogP contribution in [-0.4, -0.2) is 45.1 Å². The fourth-order valence-electron chi connectivity index (χ4n) is 7.32. The number of imidazole rings is 1. The molecule has 1 aromatic carbocycles. The summed E-state index contributed by atoms with van der Waals surface area (Å²) in [5, 5.41) is 12.2. The van der Waals surface area contributed by atoms with Gasteiger partial charge in [0, 0.05) is 17.7 Å². The number of nitrogens with one attached hydrogen (secondary N) is 2. The molecular formula is C33H42N4O4. The van der Waals surface area contributed by atoms with E-state index >= 15 is 0 Å². The molecule has 3 saturated heterocycles. The number of allylic oxidation sites excluding steroid dienone is 2. The highest BCUT2D eigenvalue weighted by Crippen LogP contribution is 2.56. The van der Waals surface area contributed by atoms with Crippen LogP contribution in [0.5, 0.6) is 0 Å². The first-order chi connectivity index (χ1) is 19.3. The van der Waals surface area contributed by atoms with Crippen molar-refractivity contribution in [1.82, 2.24) is 9.97 Å². The number of hydrogen-bond acceptors (Lipinski definition) is 6. The van der Waals surface area contributed by atoms with Crippen LogP contribution in [-0.2, 0) is 14.2 Å². The maximum atomic E-state index is 13.1. The van der Waals surface area contributed by atoms with E-state index in [0.29, 0.717) is 0 Å². The van der Waals surface area contributed by atoms with E-state index in [1.165, 1.54) is 17.3 Å². The van der Waals surface area contributed by atoms with Gasteiger partial charge in [0.05, 0.1) is 29.6 Å². The first kappa shape index (κ1) is 28.1. The van der Waals surface area contributed by atoms with Crippen molar-refractivity contribution in [3.05, 3.63) is 53.1 Å². The first-order valence-electron chi connectivity index (χ1n) is 15.0. The van der Waals surface area contributed by atoms with Gasteiger partial charge >= 0.3 is 0 Å². The molecule has 0 saturated carbocycles. The quantitative estimate of drug-likeness (QED) is 0.415. The van der Waals surface area contributed by atoms with Crippen LogP contribution in [0.2, 0.25) is 0 Å². The molecule has 8 nitrogen and oxygen atoms in total. The zero-order valence-electron chi connectivity index (χ0n) is 25.1.